The number of carbonyl (C=O) groups excluding carboxylic acids is 1. The van der Waals surface area contributed by atoms with Gasteiger partial charge in [0, 0.05) is 12.6 Å². The summed E-state index contributed by atoms with van der Waals surface area (Å²) in [5, 5.41) is 6.22. The van der Waals surface area contributed by atoms with Crippen LogP contribution in [0.3, 0.4) is 0 Å². The number of aromatic nitrogens is 2. The van der Waals surface area contributed by atoms with Crippen molar-refractivity contribution in [3.8, 4) is 0 Å². The molecule has 1 atom stereocenters. The summed E-state index contributed by atoms with van der Waals surface area (Å²) in [5.41, 5.74) is 0.360. The normalized spacial score (nSPS) is 21.9. The van der Waals surface area contributed by atoms with E-state index in [4.69, 9.17) is 9.47 Å². The molecule has 1 saturated heterocycles. The molecule has 1 unspecified atom stereocenters. The molecule has 14 heavy (non-hydrogen) atoms. The van der Waals surface area contributed by atoms with Crippen molar-refractivity contribution in [3.05, 3.63) is 18.0 Å². The van der Waals surface area contributed by atoms with Crippen LogP contribution in [0.1, 0.15) is 29.8 Å². The van der Waals surface area contributed by atoms with Gasteiger partial charge in [0.1, 0.15) is 5.69 Å². The number of aromatic amines is 1. The van der Waals surface area contributed by atoms with Crippen LogP contribution < -0.4 is 0 Å². The minimum Gasteiger partial charge on any atom is -0.431 e. The summed E-state index contributed by atoms with van der Waals surface area (Å²) in [4.78, 5) is 11.4. The topological polar surface area (TPSA) is 64.2 Å². The summed E-state index contributed by atoms with van der Waals surface area (Å²) in [5.74, 6) is -0.408. The molecular formula is C9H12N2O3. The molecule has 5 nitrogen and oxygen atoms in total. The van der Waals surface area contributed by atoms with Gasteiger partial charge in [-0.25, -0.2) is 4.79 Å². The maximum atomic E-state index is 11.4. The first-order chi connectivity index (χ1) is 6.86. The van der Waals surface area contributed by atoms with Crippen molar-refractivity contribution >= 4 is 5.97 Å². The van der Waals surface area contributed by atoms with E-state index < -0.39 is 5.97 Å². The van der Waals surface area contributed by atoms with Gasteiger partial charge < -0.3 is 9.47 Å². The van der Waals surface area contributed by atoms with Gasteiger partial charge in [-0.2, -0.15) is 5.10 Å². The second-order valence-corrected chi connectivity index (χ2v) is 3.17. The molecule has 0 amide bonds. The van der Waals surface area contributed by atoms with Crippen molar-refractivity contribution in [1.29, 1.82) is 0 Å². The van der Waals surface area contributed by atoms with E-state index in [-0.39, 0.29) is 6.29 Å². The average Bonchev–Trinajstić information content (AvgIpc) is 2.72. The Kier molecular flexibility index (Phi) is 2.78. The van der Waals surface area contributed by atoms with Crippen LogP contribution in [0.5, 0.6) is 0 Å². The number of H-pyrrole nitrogens is 1. The molecule has 0 spiro atoms. The lowest BCUT2D eigenvalue weighted by atomic mass is 10.2. The van der Waals surface area contributed by atoms with Crippen molar-refractivity contribution in [3.63, 3.8) is 0 Å². The Morgan fingerprint density at radius 1 is 1.64 bits per heavy atom. The van der Waals surface area contributed by atoms with Crippen molar-refractivity contribution in [2.75, 3.05) is 6.61 Å². The fraction of sp³-hybridized carbons (Fsp3) is 0.556. The largest absolute Gasteiger partial charge is 0.431 e. The second-order valence-electron chi connectivity index (χ2n) is 3.17. The molecule has 5 heteroatoms. The third kappa shape index (κ3) is 2.11. The molecule has 0 saturated carbocycles. The summed E-state index contributed by atoms with van der Waals surface area (Å²) in [6, 6.07) is 1.57. The van der Waals surface area contributed by atoms with Gasteiger partial charge in [0.15, 0.2) is 0 Å². The summed E-state index contributed by atoms with van der Waals surface area (Å²) in [6.07, 6.45) is 3.98. The van der Waals surface area contributed by atoms with E-state index in [9.17, 15) is 4.79 Å². The van der Waals surface area contributed by atoms with Gasteiger partial charge in [-0.05, 0) is 18.9 Å². The molecule has 0 aliphatic carbocycles. The monoisotopic (exact) mass is 196 g/mol. The lowest BCUT2D eigenvalue weighted by Gasteiger charge is -2.21. The van der Waals surface area contributed by atoms with E-state index in [0.717, 1.165) is 19.3 Å². The lowest BCUT2D eigenvalue weighted by Crippen LogP contribution is -2.25. The Balaban J connectivity index is 1.87. The molecular weight excluding hydrogens is 184 g/mol. The van der Waals surface area contributed by atoms with E-state index in [1.54, 1.807) is 6.07 Å². The maximum Gasteiger partial charge on any atom is 0.358 e. The Morgan fingerprint density at radius 2 is 2.57 bits per heavy atom. The first-order valence-electron chi connectivity index (χ1n) is 4.68. The fourth-order valence-corrected chi connectivity index (χ4v) is 1.36. The highest BCUT2D eigenvalue weighted by Gasteiger charge is 2.19. The Morgan fingerprint density at radius 3 is 3.21 bits per heavy atom. The lowest BCUT2D eigenvalue weighted by molar-refractivity contribution is -0.131. The number of hydrogen-bond acceptors (Lipinski definition) is 4. The average molecular weight is 196 g/mol. The van der Waals surface area contributed by atoms with Gasteiger partial charge >= 0.3 is 5.97 Å². The Bertz CT molecular complexity index is 291. The number of carbonyl (C=O) groups is 1. The fourth-order valence-electron chi connectivity index (χ4n) is 1.36. The maximum absolute atomic E-state index is 11.4. The molecule has 1 aromatic rings. The van der Waals surface area contributed by atoms with Gasteiger partial charge in [-0.1, -0.05) is 0 Å². The second kappa shape index (κ2) is 4.23. The predicted molar refractivity (Wildman–Crippen MR) is 47.6 cm³/mol. The zero-order valence-corrected chi connectivity index (χ0v) is 7.73. The summed E-state index contributed by atoms with van der Waals surface area (Å²) in [7, 11) is 0. The van der Waals surface area contributed by atoms with E-state index in [1.807, 2.05) is 0 Å². The summed E-state index contributed by atoms with van der Waals surface area (Å²) < 4.78 is 10.4. The number of ether oxygens (including phenoxy) is 2. The number of nitrogens with one attached hydrogen (secondary N) is 1. The standard InChI is InChI=1S/C9H12N2O3/c12-9(7-4-5-10-11-7)14-8-3-1-2-6-13-8/h4-5,8H,1-3,6H2,(H,10,11). The predicted octanol–water partition coefficient (Wildman–Crippen LogP) is 1.09. The van der Waals surface area contributed by atoms with Crippen LogP contribution in [0, 0.1) is 0 Å². The van der Waals surface area contributed by atoms with Crippen LogP contribution in [0.25, 0.3) is 0 Å². The molecule has 76 valence electrons. The number of nitrogens with zero attached hydrogens (tertiary/aromatic N) is 1. The highest BCUT2D eigenvalue weighted by Crippen LogP contribution is 2.14. The van der Waals surface area contributed by atoms with Crippen LogP contribution in [0.4, 0.5) is 0 Å². The van der Waals surface area contributed by atoms with Crippen LogP contribution >= 0.6 is 0 Å². The molecule has 1 aliphatic rings. The number of esters is 1. The Labute approximate surface area is 81.4 Å². The number of hydrogen-bond donors (Lipinski definition) is 1. The van der Waals surface area contributed by atoms with E-state index in [0.29, 0.717) is 12.3 Å². The summed E-state index contributed by atoms with van der Waals surface area (Å²) in [6.45, 7) is 0.668. The zero-order chi connectivity index (χ0) is 9.80. The van der Waals surface area contributed by atoms with Crippen molar-refractivity contribution in [1.82, 2.24) is 10.2 Å². The third-order valence-electron chi connectivity index (χ3n) is 2.10. The van der Waals surface area contributed by atoms with Gasteiger partial charge in [0.05, 0.1) is 6.61 Å². The van der Waals surface area contributed by atoms with Crippen molar-refractivity contribution in [2.45, 2.75) is 25.6 Å². The van der Waals surface area contributed by atoms with Crippen LogP contribution in [0.2, 0.25) is 0 Å². The first kappa shape index (κ1) is 9.21. The first-order valence-corrected chi connectivity index (χ1v) is 4.68. The van der Waals surface area contributed by atoms with Gasteiger partial charge in [0.25, 0.3) is 0 Å². The van der Waals surface area contributed by atoms with Crippen molar-refractivity contribution < 1.29 is 14.3 Å². The molecule has 1 fully saturated rings. The number of rotatable bonds is 2. The highest BCUT2D eigenvalue weighted by molar-refractivity contribution is 5.87. The van der Waals surface area contributed by atoms with E-state index in [1.165, 1.54) is 6.20 Å². The van der Waals surface area contributed by atoms with Gasteiger partial charge in [0.2, 0.25) is 6.29 Å². The van der Waals surface area contributed by atoms with Crippen LogP contribution in [-0.4, -0.2) is 29.1 Å². The van der Waals surface area contributed by atoms with Gasteiger partial charge in [-0.3, -0.25) is 5.10 Å². The molecule has 0 aromatic carbocycles. The highest BCUT2D eigenvalue weighted by atomic mass is 16.7. The molecule has 2 heterocycles. The SMILES string of the molecule is O=C(OC1CCCCO1)c1ccn[nH]1. The summed E-state index contributed by atoms with van der Waals surface area (Å²) >= 11 is 0. The molecule has 1 N–H and O–H groups in total. The third-order valence-corrected chi connectivity index (χ3v) is 2.10. The van der Waals surface area contributed by atoms with E-state index >= 15 is 0 Å². The smallest absolute Gasteiger partial charge is 0.358 e. The van der Waals surface area contributed by atoms with Crippen LogP contribution in [-0.2, 0) is 9.47 Å². The van der Waals surface area contributed by atoms with Crippen molar-refractivity contribution in [2.24, 2.45) is 0 Å². The molecule has 2 rings (SSSR count). The van der Waals surface area contributed by atoms with Gasteiger partial charge in [-0.15, -0.1) is 0 Å². The van der Waals surface area contributed by atoms with Crippen LogP contribution in [0.15, 0.2) is 12.3 Å². The zero-order valence-electron chi connectivity index (χ0n) is 7.73. The molecule has 0 radical (unpaired) electrons. The minimum atomic E-state index is -0.408. The van der Waals surface area contributed by atoms with E-state index in [2.05, 4.69) is 10.2 Å². The Hall–Kier alpha value is -1.36. The quantitative estimate of drug-likeness (QED) is 0.719. The molecule has 1 aliphatic heterocycles. The molecule has 1 aromatic heterocycles. The minimum absolute atomic E-state index is 0.360. The molecule has 0 bridgehead atoms.